The first kappa shape index (κ1) is 18.9. The zero-order valence-corrected chi connectivity index (χ0v) is 16.5. The molecule has 1 amide bonds. The maximum Gasteiger partial charge on any atom is 0.245 e. The van der Waals surface area contributed by atoms with Crippen molar-refractivity contribution in [3.8, 4) is 0 Å². The molecule has 148 valence electrons. The van der Waals surface area contributed by atoms with E-state index in [4.69, 9.17) is 4.52 Å². The highest BCUT2D eigenvalue weighted by Crippen LogP contribution is 2.28. The van der Waals surface area contributed by atoms with Gasteiger partial charge in [0, 0.05) is 23.2 Å². The lowest BCUT2D eigenvalue weighted by Crippen LogP contribution is -2.18. The van der Waals surface area contributed by atoms with E-state index >= 15 is 0 Å². The van der Waals surface area contributed by atoms with Gasteiger partial charge in [0.2, 0.25) is 5.91 Å². The number of hydrogen-bond donors (Lipinski definition) is 1. The molecule has 2 heterocycles. The van der Waals surface area contributed by atoms with Gasteiger partial charge in [-0.05, 0) is 18.6 Å². The number of carbonyl (C=O) groups is 1. The highest BCUT2D eigenvalue weighted by atomic mass is 32.2. The number of sulfone groups is 1. The summed E-state index contributed by atoms with van der Waals surface area (Å²) in [5, 5.41) is 6.98. The second-order valence-electron chi connectivity index (χ2n) is 6.75. The normalized spacial score (nSPS) is 11.6. The van der Waals surface area contributed by atoms with Crippen LogP contribution in [0, 0.1) is 6.92 Å². The van der Waals surface area contributed by atoms with Gasteiger partial charge in [-0.3, -0.25) is 4.79 Å². The molecule has 2 aromatic heterocycles. The maximum atomic E-state index is 13.1. The molecule has 0 saturated heterocycles. The van der Waals surface area contributed by atoms with Gasteiger partial charge >= 0.3 is 0 Å². The number of anilines is 1. The van der Waals surface area contributed by atoms with Crippen LogP contribution in [0.15, 0.2) is 76.3 Å². The maximum absolute atomic E-state index is 13.1. The van der Waals surface area contributed by atoms with Crippen LogP contribution in [0.4, 0.5) is 5.82 Å². The molecule has 1 N–H and O–H groups in total. The molecular formula is C21H19N3O4S. The molecule has 29 heavy (non-hydrogen) atoms. The van der Waals surface area contributed by atoms with Crippen molar-refractivity contribution in [3.05, 3.63) is 78.2 Å². The van der Waals surface area contributed by atoms with Crippen LogP contribution in [0.5, 0.6) is 0 Å². The molecule has 0 fully saturated rings. The fraction of sp³-hybridized carbons (Fsp3) is 0.143. The average Bonchev–Trinajstić information content (AvgIpc) is 3.26. The SMILES string of the molecule is Cc1cc(NC(=O)Cn2cc(S(=O)(=O)Cc3ccccc3)c3ccccc32)no1. The van der Waals surface area contributed by atoms with Gasteiger partial charge in [0.15, 0.2) is 15.7 Å². The molecule has 0 aliphatic heterocycles. The Morgan fingerprint density at radius 3 is 2.55 bits per heavy atom. The predicted octanol–water partition coefficient (Wildman–Crippen LogP) is 3.55. The molecule has 0 bridgehead atoms. The van der Waals surface area contributed by atoms with Gasteiger partial charge in [0.1, 0.15) is 12.3 Å². The number of amides is 1. The number of nitrogens with zero attached hydrogens (tertiary/aromatic N) is 2. The Hall–Kier alpha value is -3.39. The lowest BCUT2D eigenvalue weighted by Gasteiger charge is -2.04. The number of fused-ring (bicyclic) bond motifs is 1. The largest absolute Gasteiger partial charge is 0.360 e. The molecule has 0 atom stereocenters. The minimum Gasteiger partial charge on any atom is -0.360 e. The molecule has 4 aromatic rings. The molecule has 0 unspecified atom stereocenters. The Bertz CT molecular complexity index is 1270. The Morgan fingerprint density at radius 1 is 1.10 bits per heavy atom. The first-order chi connectivity index (χ1) is 13.9. The first-order valence-corrected chi connectivity index (χ1v) is 10.7. The van der Waals surface area contributed by atoms with Crippen molar-refractivity contribution in [2.45, 2.75) is 24.1 Å². The molecule has 8 heteroatoms. The smallest absolute Gasteiger partial charge is 0.245 e. The summed E-state index contributed by atoms with van der Waals surface area (Å²) >= 11 is 0. The second-order valence-corrected chi connectivity index (χ2v) is 8.71. The number of nitrogens with one attached hydrogen (secondary N) is 1. The van der Waals surface area contributed by atoms with Crippen molar-refractivity contribution in [3.63, 3.8) is 0 Å². The number of carbonyl (C=O) groups excluding carboxylic acids is 1. The minimum atomic E-state index is -3.59. The van der Waals surface area contributed by atoms with Crippen LogP contribution in [0.1, 0.15) is 11.3 Å². The number of benzene rings is 2. The summed E-state index contributed by atoms with van der Waals surface area (Å²) < 4.78 is 32.7. The van der Waals surface area contributed by atoms with Crippen LogP contribution < -0.4 is 5.32 Å². The second kappa shape index (κ2) is 7.56. The van der Waals surface area contributed by atoms with Gasteiger partial charge in [-0.15, -0.1) is 0 Å². The van der Waals surface area contributed by atoms with E-state index in [1.165, 1.54) is 6.20 Å². The summed E-state index contributed by atoms with van der Waals surface area (Å²) in [6, 6.07) is 17.8. The summed E-state index contributed by atoms with van der Waals surface area (Å²) in [4.78, 5) is 12.6. The third-order valence-corrected chi connectivity index (χ3v) is 6.20. The van der Waals surface area contributed by atoms with Crippen LogP contribution in [0.3, 0.4) is 0 Å². The van der Waals surface area contributed by atoms with Crippen LogP contribution in [0.25, 0.3) is 10.9 Å². The van der Waals surface area contributed by atoms with Crippen molar-refractivity contribution >= 4 is 32.5 Å². The van der Waals surface area contributed by atoms with Crippen molar-refractivity contribution < 1.29 is 17.7 Å². The molecule has 0 aliphatic carbocycles. The van der Waals surface area contributed by atoms with Gasteiger partial charge in [-0.1, -0.05) is 53.7 Å². The van der Waals surface area contributed by atoms with Crippen molar-refractivity contribution in [1.29, 1.82) is 0 Å². The summed E-state index contributed by atoms with van der Waals surface area (Å²) in [5.41, 5.74) is 1.38. The van der Waals surface area contributed by atoms with E-state index in [1.807, 2.05) is 24.3 Å². The lowest BCUT2D eigenvalue weighted by molar-refractivity contribution is -0.116. The Balaban J connectivity index is 1.65. The van der Waals surface area contributed by atoms with E-state index in [0.717, 1.165) is 0 Å². The number of aryl methyl sites for hydroxylation is 1. The summed E-state index contributed by atoms with van der Waals surface area (Å²) in [5.74, 6) is 0.472. The number of rotatable bonds is 6. The lowest BCUT2D eigenvalue weighted by atomic mass is 10.2. The monoisotopic (exact) mass is 409 g/mol. The van der Waals surface area contributed by atoms with Crippen LogP contribution in [0.2, 0.25) is 0 Å². The van der Waals surface area contributed by atoms with E-state index in [1.54, 1.807) is 47.9 Å². The zero-order valence-electron chi connectivity index (χ0n) is 15.7. The summed E-state index contributed by atoms with van der Waals surface area (Å²) in [6.45, 7) is 1.68. The fourth-order valence-electron chi connectivity index (χ4n) is 3.23. The van der Waals surface area contributed by atoms with Crippen molar-refractivity contribution in [2.24, 2.45) is 0 Å². The van der Waals surface area contributed by atoms with Crippen LogP contribution in [-0.4, -0.2) is 24.0 Å². The highest BCUT2D eigenvalue weighted by Gasteiger charge is 2.22. The van der Waals surface area contributed by atoms with Crippen LogP contribution in [-0.2, 0) is 26.9 Å². The molecule has 0 radical (unpaired) electrons. The minimum absolute atomic E-state index is 0.0483. The predicted molar refractivity (Wildman–Crippen MR) is 109 cm³/mol. The zero-order chi connectivity index (χ0) is 20.4. The number of para-hydroxylation sites is 1. The molecular weight excluding hydrogens is 390 g/mol. The van der Waals surface area contributed by atoms with Crippen LogP contribution >= 0.6 is 0 Å². The Labute approximate surface area is 167 Å². The Morgan fingerprint density at radius 2 is 1.83 bits per heavy atom. The quantitative estimate of drug-likeness (QED) is 0.526. The highest BCUT2D eigenvalue weighted by molar-refractivity contribution is 7.90. The van der Waals surface area contributed by atoms with Crippen molar-refractivity contribution in [1.82, 2.24) is 9.72 Å². The van der Waals surface area contributed by atoms with Gasteiger partial charge in [-0.2, -0.15) is 0 Å². The standard InChI is InChI=1S/C21H19N3O4S/c1-15-11-20(23-28-15)22-21(25)13-24-12-19(17-9-5-6-10-18(17)24)29(26,27)14-16-7-3-2-4-8-16/h2-12H,13-14H2,1H3,(H,22,23,25). The molecule has 0 saturated carbocycles. The third kappa shape index (κ3) is 4.07. The van der Waals surface area contributed by atoms with Crippen molar-refractivity contribution in [2.75, 3.05) is 5.32 Å². The van der Waals surface area contributed by atoms with E-state index in [9.17, 15) is 13.2 Å². The number of aromatic nitrogens is 2. The Kier molecular flexibility index (Phi) is 4.94. The van der Waals surface area contributed by atoms with Gasteiger partial charge < -0.3 is 14.4 Å². The molecule has 2 aromatic carbocycles. The molecule has 7 nitrogen and oxygen atoms in total. The van der Waals surface area contributed by atoms with E-state index < -0.39 is 9.84 Å². The molecule has 0 spiro atoms. The third-order valence-electron chi connectivity index (χ3n) is 4.50. The van der Waals surface area contributed by atoms with E-state index in [0.29, 0.717) is 28.0 Å². The average molecular weight is 409 g/mol. The summed E-state index contributed by atoms with van der Waals surface area (Å²) in [6.07, 6.45) is 1.52. The van der Waals surface area contributed by atoms with Gasteiger partial charge in [-0.25, -0.2) is 8.42 Å². The molecule has 4 rings (SSSR count). The van der Waals surface area contributed by atoms with Gasteiger partial charge in [0.05, 0.1) is 10.6 Å². The fourth-order valence-corrected chi connectivity index (χ4v) is 4.81. The summed E-state index contributed by atoms with van der Waals surface area (Å²) in [7, 11) is -3.59. The topological polar surface area (TPSA) is 94.2 Å². The van der Waals surface area contributed by atoms with E-state index in [2.05, 4.69) is 10.5 Å². The van der Waals surface area contributed by atoms with E-state index in [-0.39, 0.29) is 23.1 Å². The van der Waals surface area contributed by atoms with Gasteiger partial charge in [0.25, 0.3) is 0 Å². The molecule has 0 aliphatic rings. The number of hydrogen-bond acceptors (Lipinski definition) is 5. The first-order valence-electron chi connectivity index (χ1n) is 9.00.